The molecular weight excluding hydrogens is 222 g/mol. The zero-order valence-electron chi connectivity index (χ0n) is 11.4. The maximum Gasteiger partial charge on any atom is 0.230 e. The van der Waals surface area contributed by atoms with Crippen molar-refractivity contribution in [1.82, 2.24) is 4.90 Å². The molecule has 2 fully saturated rings. The second-order valence-corrected chi connectivity index (χ2v) is 6.51. The highest BCUT2D eigenvalue weighted by Crippen LogP contribution is 2.72. The maximum atomic E-state index is 12.6. The maximum absolute atomic E-state index is 12.6. The Morgan fingerprint density at radius 3 is 2.50 bits per heavy atom. The average molecular weight is 243 g/mol. The number of amides is 1. The lowest BCUT2D eigenvalue weighted by Gasteiger charge is -2.22. The van der Waals surface area contributed by atoms with Crippen LogP contribution >= 0.6 is 0 Å². The topological polar surface area (TPSA) is 20.3 Å². The van der Waals surface area contributed by atoms with Crippen molar-refractivity contribution in [2.45, 2.75) is 33.7 Å². The fourth-order valence-electron chi connectivity index (χ4n) is 3.96. The van der Waals surface area contributed by atoms with Crippen molar-refractivity contribution in [2.75, 3.05) is 6.54 Å². The number of hydrogen-bond acceptors (Lipinski definition) is 1. The van der Waals surface area contributed by atoms with Crippen molar-refractivity contribution in [3.05, 3.63) is 35.9 Å². The molecule has 0 aromatic heterocycles. The van der Waals surface area contributed by atoms with Crippen LogP contribution in [0, 0.1) is 16.7 Å². The van der Waals surface area contributed by atoms with Gasteiger partial charge in [-0.15, -0.1) is 0 Å². The van der Waals surface area contributed by atoms with Gasteiger partial charge in [-0.1, -0.05) is 51.1 Å². The largest absolute Gasteiger partial charge is 0.337 e. The minimum absolute atomic E-state index is 0.0538. The second-order valence-electron chi connectivity index (χ2n) is 6.51. The van der Waals surface area contributed by atoms with Gasteiger partial charge >= 0.3 is 0 Å². The van der Waals surface area contributed by atoms with Crippen molar-refractivity contribution in [2.24, 2.45) is 16.7 Å². The molecular formula is C16H21NO. The molecule has 3 rings (SSSR count). The molecule has 1 saturated carbocycles. The van der Waals surface area contributed by atoms with Gasteiger partial charge in [0.1, 0.15) is 0 Å². The summed E-state index contributed by atoms with van der Waals surface area (Å²) in [6.45, 7) is 8.35. The molecule has 2 heteroatoms. The summed E-state index contributed by atoms with van der Waals surface area (Å²) in [6, 6.07) is 10.3. The van der Waals surface area contributed by atoms with E-state index in [0.717, 1.165) is 19.5 Å². The summed E-state index contributed by atoms with van der Waals surface area (Å²) < 4.78 is 0. The van der Waals surface area contributed by atoms with Gasteiger partial charge in [0.05, 0.1) is 5.41 Å². The Morgan fingerprint density at radius 2 is 1.94 bits per heavy atom. The molecule has 18 heavy (non-hydrogen) atoms. The van der Waals surface area contributed by atoms with E-state index in [-0.39, 0.29) is 10.8 Å². The lowest BCUT2D eigenvalue weighted by molar-refractivity contribution is -0.135. The molecule has 0 radical (unpaired) electrons. The minimum Gasteiger partial charge on any atom is -0.337 e. The van der Waals surface area contributed by atoms with E-state index in [4.69, 9.17) is 0 Å². The van der Waals surface area contributed by atoms with Gasteiger partial charge in [-0.25, -0.2) is 0 Å². The smallest absolute Gasteiger partial charge is 0.230 e. The van der Waals surface area contributed by atoms with Crippen LogP contribution in [0.4, 0.5) is 0 Å². The van der Waals surface area contributed by atoms with Gasteiger partial charge in [0.2, 0.25) is 5.91 Å². The summed E-state index contributed by atoms with van der Waals surface area (Å²) in [5.74, 6) is 0.833. The van der Waals surface area contributed by atoms with Crippen molar-refractivity contribution < 1.29 is 4.79 Å². The summed E-state index contributed by atoms with van der Waals surface area (Å²) >= 11 is 0. The van der Waals surface area contributed by atoms with E-state index in [1.807, 2.05) is 18.2 Å². The third kappa shape index (κ3) is 1.38. The van der Waals surface area contributed by atoms with Crippen LogP contribution in [0.2, 0.25) is 0 Å². The number of piperidine rings is 1. The Hall–Kier alpha value is -1.31. The molecule has 0 bridgehead atoms. The van der Waals surface area contributed by atoms with Gasteiger partial charge in [-0.3, -0.25) is 4.79 Å². The average Bonchev–Trinajstić information content (AvgIpc) is 2.90. The minimum atomic E-state index is -0.0538. The predicted octanol–water partition coefficient (Wildman–Crippen LogP) is 3.08. The molecule has 2 nitrogen and oxygen atoms in total. The van der Waals surface area contributed by atoms with Crippen LogP contribution in [0.15, 0.2) is 30.3 Å². The number of hydrogen-bond donors (Lipinski definition) is 0. The van der Waals surface area contributed by atoms with Crippen molar-refractivity contribution in [3.8, 4) is 0 Å². The van der Waals surface area contributed by atoms with Crippen molar-refractivity contribution in [1.29, 1.82) is 0 Å². The number of carbonyl (C=O) groups excluding carboxylic acids is 1. The monoisotopic (exact) mass is 243 g/mol. The van der Waals surface area contributed by atoms with E-state index in [0.29, 0.717) is 11.8 Å². The Bertz CT molecular complexity index is 481. The molecule has 1 saturated heterocycles. The summed E-state index contributed by atoms with van der Waals surface area (Å²) in [4.78, 5) is 14.7. The second kappa shape index (κ2) is 3.59. The molecule has 1 aromatic carbocycles. The Kier molecular flexibility index (Phi) is 2.35. The van der Waals surface area contributed by atoms with Crippen LogP contribution in [0.25, 0.3) is 0 Å². The van der Waals surface area contributed by atoms with E-state index in [1.54, 1.807) is 0 Å². The number of fused-ring (bicyclic) bond motifs is 1. The highest BCUT2D eigenvalue weighted by molar-refractivity contribution is 5.90. The van der Waals surface area contributed by atoms with Gasteiger partial charge in [0.25, 0.3) is 0 Å². The zero-order valence-corrected chi connectivity index (χ0v) is 11.4. The molecule has 1 heterocycles. The molecule has 1 aliphatic heterocycles. The van der Waals surface area contributed by atoms with Crippen LogP contribution in [0.5, 0.6) is 0 Å². The SMILES string of the molecule is CC(C)C12CC1(C)CN(Cc1ccccc1)C2=O. The molecule has 1 aromatic rings. The van der Waals surface area contributed by atoms with Crippen LogP contribution in [-0.2, 0) is 11.3 Å². The van der Waals surface area contributed by atoms with Gasteiger partial charge in [-0.05, 0) is 17.9 Å². The first-order valence-electron chi connectivity index (χ1n) is 6.83. The molecule has 2 atom stereocenters. The van der Waals surface area contributed by atoms with Crippen LogP contribution in [0.3, 0.4) is 0 Å². The summed E-state index contributed by atoms with van der Waals surface area (Å²) in [7, 11) is 0. The highest BCUT2D eigenvalue weighted by Gasteiger charge is 2.75. The third-order valence-corrected chi connectivity index (χ3v) is 5.03. The third-order valence-electron chi connectivity index (χ3n) is 5.03. The van der Waals surface area contributed by atoms with Crippen LogP contribution < -0.4 is 0 Å². The van der Waals surface area contributed by atoms with Crippen molar-refractivity contribution in [3.63, 3.8) is 0 Å². The lowest BCUT2D eigenvalue weighted by Crippen LogP contribution is -2.33. The first-order valence-corrected chi connectivity index (χ1v) is 6.83. The number of nitrogens with zero attached hydrogens (tertiary/aromatic N) is 1. The molecule has 2 unspecified atom stereocenters. The molecule has 1 aliphatic carbocycles. The first kappa shape index (κ1) is 11.8. The van der Waals surface area contributed by atoms with Crippen LogP contribution in [-0.4, -0.2) is 17.4 Å². The molecule has 2 aliphatic rings. The van der Waals surface area contributed by atoms with E-state index in [1.165, 1.54) is 5.56 Å². The Morgan fingerprint density at radius 1 is 1.28 bits per heavy atom. The standard InChI is InChI=1S/C16H21NO/c1-12(2)16-10-15(16,3)11-17(14(16)18)9-13-7-5-4-6-8-13/h4-8,12H,9-11H2,1-3H3. The zero-order chi connectivity index (χ0) is 13.0. The highest BCUT2D eigenvalue weighted by atomic mass is 16.2. The van der Waals surface area contributed by atoms with Gasteiger partial charge in [-0.2, -0.15) is 0 Å². The first-order chi connectivity index (χ1) is 8.49. The van der Waals surface area contributed by atoms with E-state index < -0.39 is 0 Å². The Balaban J connectivity index is 1.80. The van der Waals surface area contributed by atoms with Gasteiger partial charge in [0, 0.05) is 18.5 Å². The van der Waals surface area contributed by atoms with E-state index in [9.17, 15) is 4.79 Å². The van der Waals surface area contributed by atoms with Crippen molar-refractivity contribution >= 4 is 5.91 Å². The fourth-order valence-corrected chi connectivity index (χ4v) is 3.96. The van der Waals surface area contributed by atoms with Gasteiger partial charge in [0.15, 0.2) is 0 Å². The predicted molar refractivity (Wildman–Crippen MR) is 71.9 cm³/mol. The number of benzene rings is 1. The normalized spacial score (nSPS) is 34.0. The number of rotatable bonds is 3. The quantitative estimate of drug-likeness (QED) is 0.799. The molecule has 0 N–H and O–H groups in total. The number of likely N-dealkylation sites (tertiary alicyclic amines) is 1. The fraction of sp³-hybridized carbons (Fsp3) is 0.562. The summed E-state index contributed by atoms with van der Waals surface area (Å²) in [5.41, 5.74) is 1.41. The number of carbonyl (C=O) groups is 1. The lowest BCUT2D eigenvalue weighted by atomic mass is 9.86. The summed E-state index contributed by atoms with van der Waals surface area (Å²) in [5, 5.41) is 0. The summed E-state index contributed by atoms with van der Waals surface area (Å²) in [6.07, 6.45) is 1.09. The van der Waals surface area contributed by atoms with E-state index in [2.05, 4.69) is 37.8 Å². The molecule has 1 amide bonds. The van der Waals surface area contributed by atoms with E-state index >= 15 is 0 Å². The van der Waals surface area contributed by atoms with Crippen LogP contribution in [0.1, 0.15) is 32.8 Å². The molecule has 0 spiro atoms. The Labute approximate surface area is 109 Å². The van der Waals surface area contributed by atoms with Gasteiger partial charge < -0.3 is 4.90 Å². The molecule has 96 valence electrons.